The topological polar surface area (TPSA) is 61.0 Å². The Labute approximate surface area is 116 Å². The van der Waals surface area contributed by atoms with E-state index in [9.17, 15) is 8.78 Å². The summed E-state index contributed by atoms with van der Waals surface area (Å²) in [6.07, 6.45) is 0. The van der Waals surface area contributed by atoms with Gasteiger partial charge in [0.25, 0.3) is 0 Å². The molecule has 7 heteroatoms. The Morgan fingerprint density at radius 1 is 1.15 bits per heavy atom. The number of ether oxygens (including phenoxy) is 1. The fourth-order valence-corrected chi connectivity index (χ4v) is 2.49. The van der Waals surface area contributed by atoms with Gasteiger partial charge in [0.1, 0.15) is 23.0 Å². The molecule has 4 nitrogen and oxygen atoms in total. The Morgan fingerprint density at radius 3 is 2.80 bits per heavy atom. The lowest BCUT2D eigenvalue weighted by atomic mass is 10.3. The summed E-state index contributed by atoms with van der Waals surface area (Å²) >= 11 is 1.45. The van der Waals surface area contributed by atoms with Crippen LogP contribution in [0.2, 0.25) is 0 Å². The number of thiophene rings is 1. The van der Waals surface area contributed by atoms with Crippen LogP contribution in [0.5, 0.6) is 5.75 Å². The van der Waals surface area contributed by atoms with Crippen LogP contribution < -0.4 is 10.5 Å². The largest absolute Gasteiger partial charge is 0.486 e. The number of aromatic nitrogens is 2. The highest BCUT2D eigenvalue weighted by atomic mass is 32.1. The van der Waals surface area contributed by atoms with E-state index in [0.717, 1.165) is 22.3 Å². The fourth-order valence-electron chi connectivity index (χ4n) is 1.70. The van der Waals surface area contributed by atoms with Gasteiger partial charge in [-0.2, -0.15) is 0 Å². The summed E-state index contributed by atoms with van der Waals surface area (Å²) in [5.74, 6) is -0.908. The maximum Gasteiger partial charge on any atom is 0.169 e. The molecule has 2 aromatic heterocycles. The molecular formula is C13H9F2N3OS. The number of nitrogen functional groups attached to an aromatic ring is 1. The molecule has 0 bridgehead atoms. The van der Waals surface area contributed by atoms with Crippen LogP contribution in [0.3, 0.4) is 0 Å². The molecule has 0 atom stereocenters. The standard InChI is InChI=1S/C13H9F2N3OS/c14-9-2-1-7(5-10(9)15)19-6-11-17-12(16)8-3-4-20-13(8)18-11/h1-5H,6H2,(H2,16,17,18). The summed E-state index contributed by atoms with van der Waals surface area (Å²) < 4.78 is 31.1. The van der Waals surface area contributed by atoms with Gasteiger partial charge in [0.05, 0.1) is 5.39 Å². The van der Waals surface area contributed by atoms with E-state index < -0.39 is 11.6 Å². The fraction of sp³-hybridized carbons (Fsp3) is 0.0769. The molecule has 0 aliphatic carbocycles. The predicted octanol–water partition coefficient (Wildman–Crippen LogP) is 3.13. The van der Waals surface area contributed by atoms with Gasteiger partial charge in [-0.3, -0.25) is 0 Å². The molecule has 0 spiro atoms. The van der Waals surface area contributed by atoms with Crippen molar-refractivity contribution in [2.75, 3.05) is 5.73 Å². The van der Waals surface area contributed by atoms with Crippen LogP contribution >= 0.6 is 11.3 Å². The van der Waals surface area contributed by atoms with Crippen molar-refractivity contribution in [3.8, 4) is 5.75 Å². The zero-order chi connectivity index (χ0) is 14.1. The van der Waals surface area contributed by atoms with E-state index in [-0.39, 0.29) is 12.4 Å². The van der Waals surface area contributed by atoms with E-state index in [1.165, 1.54) is 17.4 Å². The Bertz CT molecular complexity index is 775. The first-order valence-corrected chi connectivity index (χ1v) is 6.59. The minimum atomic E-state index is -0.961. The van der Waals surface area contributed by atoms with Crippen molar-refractivity contribution in [1.82, 2.24) is 9.97 Å². The molecule has 0 aliphatic heterocycles. The number of rotatable bonds is 3. The van der Waals surface area contributed by atoms with Crippen LogP contribution in [-0.2, 0) is 6.61 Å². The molecule has 3 rings (SSSR count). The Balaban J connectivity index is 1.80. The third kappa shape index (κ3) is 2.39. The minimum Gasteiger partial charge on any atom is -0.486 e. The Kier molecular flexibility index (Phi) is 3.19. The molecule has 0 unspecified atom stereocenters. The van der Waals surface area contributed by atoms with Crippen molar-refractivity contribution in [1.29, 1.82) is 0 Å². The maximum atomic E-state index is 13.0. The summed E-state index contributed by atoms with van der Waals surface area (Å²) in [5.41, 5.74) is 5.80. The van der Waals surface area contributed by atoms with Crippen LogP contribution in [-0.4, -0.2) is 9.97 Å². The van der Waals surface area contributed by atoms with E-state index >= 15 is 0 Å². The Morgan fingerprint density at radius 2 is 2.00 bits per heavy atom. The van der Waals surface area contributed by atoms with Crippen LogP contribution in [0, 0.1) is 11.6 Å². The zero-order valence-electron chi connectivity index (χ0n) is 10.1. The number of hydrogen-bond donors (Lipinski definition) is 1. The summed E-state index contributed by atoms with van der Waals surface area (Å²) in [5, 5.41) is 2.67. The monoisotopic (exact) mass is 293 g/mol. The maximum absolute atomic E-state index is 13.0. The predicted molar refractivity (Wildman–Crippen MR) is 72.5 cm³/mol. The molecule has 102 valence electrons. The van der Waals surface area contributed by atoms with E-state index in [1.54, 1.807) is 0 Å². The lowest BCUT2D eigenvalue weighted by molar-refractivity contribution is 0.294. The second-order valence-corrected chi connectivity index (χ2v) is 4.92. The first-order chi connectivity index (χ1) is 9.63. The number of anilines is 1. The van der Waals surface area contributed by atoms with Gasteiger partial charge >= 0.3 is 0 Å². The SMILES string of the molecule is Nc1nc(COc2ccc(F)c(F)c2)nc2sccc12. The zero-order valence-corrected chi connectivity index (χ0v) is 11.0. The normalized spacial score (nSPS) is 10.9. The van der Waals surface area contributed by atoms with E-state index in [0.29, 0.717) is 11.6 Å². The van der Waals surface area contributed by atoms with Crippen molar-refractivity contribution < 1.29 is 13.5 Å². The smallest absolute Gasteiger partial charge is 0.169 e. The van der Waals surface area contributed by atoms with Crippen LogP contribution in [0.25, 0.3) is 10.2 Å². The van der Waals surface area contributed by atoms with Crippen molar-refractivity contribution in [2.24, 2.45) is 0 Å². The highest BCUT2D eigenvalue weighted by Gasteiger charge is 2.08. The summed E-state index contributed by atoms with van der Waals surface area (Å²) in [4.78, 5) is 9.16. The molecule has 0 saturated heterocycles. The average molecular weight is 293 g/mol. The molecule has 2 heterocycles. The first-order valence-electron chi connectivity index (χ1n) is 5.71. The van der Waals surface area contributed by atoms with Gasteiger partial charge < -0.3 is 10.5 Å². The molecule has 0 aliphatic rings. The second kappa shape index (κ2) is 5.01. The van der Waals surface area contributed by atoms with Crippen LogP contribution in [0.1, 0.15) is 5.82 Å². The molecular weight excluding hydrogens is 284 g/mol. The van der Waals surface area contributed by atoms with Crippen molar-refractivity contribution in [2.45, 2.75) is 6.61 Å². The highest BCUT2D eigenvalue weighted by molar-refractivity contribution is 7.16. The summed E-state index contributed by atoms with van der Waals surface area (Å²) in [6.45, 7) is 0.0309. The number of hydrogen-bond acceptors (Lipinski definition) is 5. The van der Waals surface area contributed by atoms with Gasteiger partial charge in [0, 0.05) is 6.07 Å². The lowest BCUT2D eigenvalue weighted by Crippen LogP contribution is -2.04. The lowest BCUT2D eigenvalue weighted by Gasteiger charge is -2.06. The molecule has 0 fully saturated rings. The van der Waals surface area contributed by atoms with Gasteiger partial charge in [0.2, 0.25) is 0 Å². The third-order valence-corrected chi connectivity index (χ3v) is 3.47. The Hall–Kier alpha value is -2.28. The molecule has 3 aromatic rings. The molecule has 0 saturated carbocycles. The van der Waals surface area contributed by atoms with E-state index in [2.05, 4.69) is 9.97 Å². The average Bonchev–Trinajstić information content (AvgIpc) is 2.89. The van der Waals surface area contributed by atoms with Crippen molar-refractivity contribution >= 4 is 27.4 Å². The van der Waals surface area contributed by atoms with Crippen molar-refractivity contribution in [3.05, 3.63) is 47.1 Å². The second-order valence-electron chi connectivity index (χ2n) is 4.03. The minimum absolute atomic E-state index is 0.0309. The number of fused-ring (bicyclic) bond motifs is 1. The number of nitrogens with zero attached hydrogens (tertiary/aromatic N) is 2. The first kappa shape index (κ1) is 12.7. The molecule has 2 N–H and O–H groups in total. The van der Waals surface area contributed by atoms with Gasteiger partial charge in [-0.25, -0.2) is 18.7 Å². The molecule has 20 heavy (non-hydrogen) atoms. The highest BCUT2D eigenvalue weighted by Crippen LogP contribution is 2.23. The van der Waals surface area contributed by atoms with Gasteiger partial charge in [-0.1, -0.05) is 0 Å². The van der Waals surface area contributed by atoms with E-state index in [1.807, 2.05) is 11.4 Å². The van der Waals surface area contributed by atoms with Crippen molar-refractivity contribution in [3.63, 3.8) is 0 Å². The number of benzene rings is 1. The summed E-state index contributed by atoms with van der Waals surface area (Å²) in [6, 6.07) is 5.16. The number of nitrogens with two attached hydrogens (primary N) is 1. The molecule has 0 amide bonds. The van der Waals surface area contributed by atoms with Gasteiger partial charge in [-0.15, -0.1) is 11.3 Å². The third-order valence-electron chi connectivity index (χ3n) is 2.66. The molecule has 1 aromatic carbocycles. The molecule has 0 radical (unpaired) electrons. The quantitative estimate of drug-likeness (QED) is 0.806. The van der Waals surface area contributed by atoms with Gasteiger partial charge in [0.15, 0.2) is 17.5 Å². The van der Waals surface area contributed by atoms with Crippen LogP contribution in [0.15, 0.2) is 29.6 Å². The number of halogens is 2. The summed E-state index contributed by atoms with van der Waals surface area (Å²) in [7, 11) is 0. The van der Waals surface area contributed by atoms with Crippen LogP contribution in [0.4, 0.5) is 14.6 Å². The van der Waals surface area contributed by atoms with E-state index in [4.69, 9.17) is 10.5 Å². The van der Waals surface area contributed by atoms with Gasteiger partial charge in [-0.05, 0) is 23.6 Å².